The lowest BCUT2D eigenvalue weighted by molar-refractivity contribution is -0.00126. The predicted octanol–water partition coefficient (Wildman–Crippen LogP) is 3.11. The van der Waals surface area contributed by atoms with E-state index in [1.165, 1.54) is 10.4 Å². The fourth-order valence-electron chi connectivity index (χ4n) is 5.39. The van der Waals surface area contributed by atoms with E-state index in [0.717, 1.165) is 81.3 Å². The minimum absolute atomic E-state index is 0.175. The maximum atomic E-state index is 11.3. The number of ether oxygens (including phenoxy) is 2. The third-order valence-electron chi connectivity index (χ3n) is 6.94. The summed E-state index contributed by atoms with van der Waals surface area (Å²) in [6.45, 7) is 3.96. The molecule has 0 N–H and O–H groups in total. The van der Waals surface area contributed by atoms with Crippen LogP contribution in [-0.2, 0) is 25.5 Å². The Labute approximate surface area is 193 Å². The average molecular weight is 482 g/mol. The predicted molar refractivity (Wildman–Crippen MR) is 123 cm³/mol. The molecule has 1 aliphatic heterocycles. The van der Waals surface area contributed by atoms with Crippen molar-refractivity contribution in [3.8, 4) is 5.88 Å². The highest BCUT2D eigenvalue weighted by atomic mass is 32.2. The number of thiophene rings is 1. The van der Waals surface area contributed by atoms with Gasteiger partial charge in [0.2, 0.25) is 5.88 Å². The molecule has 0 amide bonds. The molecule has 32 heavy (non-hydrogen) atoms. The molecule has 2 fully saturated rings. The maximum Gasteiger partial charge on any atom is 0.264 e. The topological polar surface area (TPSA) is 90.9 Å². The minimum atomic E-state index is -3.42. The van der Waals surface area contributed by atoms with E-state index < -0.39 is 10.1 Å². The van der Waals surface area contributed by atoms with E-state index >= 15 is 0 Å². The van der Waals surface area contributed by atoms with Gasteiger partial charge in [0.1, 0.15) is 17.3 Å². The molecule has 176 valence electrons. The Balaban J connectivity index is 1.28. The van der Waals surface area contributed by atoms with E-state index in [-0.39, 0.29) is 18.6 Å². The second kappa shape index (κ2) is 9.50. The van der Waals surface area contributed by atoms with Gasteiger partial charge >= 0.3 is 0 Å². The summed E-state index contributed by atoms with van der Waals surface area (Å²) in [7, 11) is -3.42. The minimum Gasteiger partial charge on any atom is -0.474 e. The van der Waals surface area contributed by atoms with Crippen LogP contribution in [0.2, 0.25) is 0 Å². The first-order valence-corrected chi connectivity index (χ1v) is 14.2. The summed E-state index contributed by atoms with van der Waals surface area (Å²) in [5.74, 6) is 0.948. The lowest BCUT2D eigenvalue weighted by atomic mass is 9.91. The molecule has 0 aromatic carbocycles. The summed E-state index contributed by atoms with van der Waals surface area (Å²) in [6, 6.07) is 0.633. The van der Waals surface area contributed by atoms with Gasteiger partial charge in [-0.3, -0.25) is 9.08 Å². The van der Waals surface area contributed by atoms with Crippen molar-refractivity contribution in [2.75, 3.05) is 39.2 Å². The Morgan fingerprint density at radius 2 is 1.94 bits per heavy atom. The second-order valence-electron chi connectivity index (χ2n) is 9.04. The third-order valence-corrected chi connectivity index (χ3v) is 8.71. The largest absolute Gasteiger partial charge is 0.474 e. The molecule has 0 radical (unpaired) electrons. The van der Waals surface area contributed by atoms with Gasteiger partial charge in [-0.2, -0.15) is 8.42 Å². The molecule has 1 saturated heterocycles. The van der Waals surface area contributed by atoms with Gasteiger partial charge in [-0.05, 0) is 56.4 Å². The molecule has 1 saturated carbocycles. The third kappa shape index (κ3) is 4.94. The molecule has 0 bridgehead atoms. The standard InChI is InChI=1S/C22H31N3O5S2/c1-32(26,27)29-11-8-15-2-7-18-19(15)20-21(23-14-24-22(20)31-18)30-17-5-3-16(4-6-17)25-9-12-28-13-10-25/h14-17H,2-13H2,1H3/t15-,16-,17-/m1/s1. The second-order valence-corrected chi connectivity index (χ2v) is 11.8. The Kier molecular flexibility index (Phi) is 6.67. The van der Waals surface area contributed by atoms with Gasteiger partial charge < -0.3 is 9.47 Å². The van der Waals surface area contributed by atoms with Crippen LogP contribution < -0.4 is 4.74 Å². The van der Waals surface area contributed by atoms with E-state index in [1.54, 1.807) is 17.7 Å². The molecule has 3 aliphatic rings. The zero-order chi connectivity index (χ0) is 22.1. The first kappa shape index (κ1) is 22.5. The van der Waals surface area contributed by atoms with Gasteiger partial charge in [0.15, 0.2) is 0 Å². The fourth-order valence-corrected chi connectivity index (χ4v) is 7.02. The van der Waals surface area contributed by atoms with Crippen molar-refractivity contribution >= 4 is 31.7 Å². The molecule has 2 aromatic rings. The van der Waals surface area contributed by atoms with Crippen LogP contribution in [0.25, 0.3) is 10.2 Å². The molecule has 10 heteroatoms. The zero-order valence-electron chi connectivity index (χ0n) is 18.5. The summed E-state index contributed by atoms with van der Waals surface area (Å²) in [6.07, 6.45) is 9.90. The molecule has 0 unspecified atom stereocenters. The Bertz CT molecular complexity index is 1040. The van der Waals surface area contributed by atoms with Crippen LogP contribution in [0.15, 0.2) is 6.33 Å². The number of aromatic nitrogens is 2. The van der Waals surface area contributed by atoms with Crippen molar-refractivity contribution in [2.45, 2.75) is 63.0 Å². The van der Waals surface area contributed by atoms with Crippen LogP contribution in [0.5, 0.6) is 5.88 Å². The zero-order valence-corrected chi connectivity index (χ0v) is 20.1. The number of fused-ring (bicyclic) bond motifs is 3. The molecule has 1 atom stereocenters. The van der Waals surface area contributed by atoms with E-state index in [0.29, 0.717) is 18.3 Å². The van der Waals surface area contributed by atoms with Crippen LogP contribution in [0.1, 0.15) is 54.9 Å². The van der Waals surface area contributed by atoms with E-state index in [4.69, 9.17) is 13.7 Å². The van der Waals surface area contributed by atoms with Crippen LogP contribution in [0.3, 0.4) is 0 Å². The maximum absolute atomic E-state index is 11.3. The first-order chi connectivity index (χ1) is 15.5. The molecule has 2 aliphatic carbocycles. The molecule has 5 rings (SSSR count). The van der Waals surface area contributed by atoms with E-state index in [2.05, 4.69) is 14.9 Å². The van der Waals surface area contributed by atoms with Crippen LogP contribution >= 0.6 is 11.3 Å². The summed E-state index contributed by atoms with van der Waals surface area (Å²) < 4.78 is 39.7. The summed E-state index contributed by atoms with van der Waals surface area (Å²) in [5, 5.41) is 1.03. The van der Waals surface area contributed by atoms with Gasteiger partial charge in [-0.1, -0.05) is 0 Å². The average Bonchev–Trinajstić information content (AvgIpc) is 3.34. The summed E-state index contributed by atoms with van der Waals surface area (Å²) >= 11 is 1.72. The van der Waals surface area contributed by atoms with Gasteiger partial charge in [0.25, 0.3) is 10.1 Å². The van der Waals surface area contributed by atoms with Crippen molar-refractivity contribution in [1.82, 2.24) is 14.9 Å². The van der Waals surface area contributed by atoms with Crippen LogP contribution in [-0.4, -0.2) is 74.6 Å². The number of nitrogens with zero attached hydrogens (tertiary/aromatic N) is 3. The van der Waals surface area contributed by atoms with Crippen molar-refractivity contribution in [1.29, 1.82) is 0 Å². The lowest BCUT2D eigenvalue weighted by Gasteiger charge is -2.38. The highest BCUT2D eigenvalue weighted by molar-refractivity contribution is 7.85. The SMILES string of the molecule is CS(=O)(=O)OCC[C@H]1CCc2sc3ncnc(O[C@H]4CC[C@H](N5CCOCC5)CC4)c3c21. The van der Waals surface area contributed by atoms with E-state index in [9.17, 15) is 8.42 Å². The highest BCUT2D eigenvalue weighted by Crippen LogP contribution is 2.47. The molecule has 8 nitrogen and oxygen atoms in total. The van der Waals surface area contributed by atoms with Crippen molar-refractivity contribution in [2.24, 2.45) is 0 Å². The van der Waals surface area contributed by atoms with Crippen molar-refractivity contribution in [3.05, 3.63) is 16.8 Å². The van der Waals surface area contributed by atoms with Gasteiger partial charge in [-0.15, -0.1) is 11.3 Å². The fraction of sp³-hybridized carbons (Fsp3) is 0.727. The molecular weight excluding hydrogens is 450 g/mol. The van der Waals surface area contributed by atoms with Gasteiger partial charge in [-0.25, -0.2) is 9.97 Å². The molecule has 3 heterocycles. The lowest BCUT2D eigenvalue weighted by Crippen LogP contribution is -2.46. The smallest absolute Gasteiger partial charge is 0.264 e. The first-order valence-electron chi connectivity index (χ1n) is 11.6. The van der Waals surface area contributed by atoms with E-state index in [1.807, 2.05) is 0 Å². The van der Waals surface area contributed by atoms with Crippen molar-refractivity contribution in [3.63, 3.8) is 0 Å². The summed E-state index contributed by atoms with van der Waals surface area (Å²) in [4.78, 5) is 13.9. The quantitative estimate of drug-likeness (QED) is 0.557. The van der Waals surface area contributed by atoms with Gasteiger partial charge in [0.05, 0.1) is 31.5 Å². The molecule has 2 aromatic heterocycles. The normalized spacial score (nSPS) is 27.0. The van der Waals surface area contributed by atoms with Crippen LogP contribution in [0, 0.1) is 0 Å². The number of morpholine rings is 1. The summed E-state index contributed by atoms with van der Waals surface area (Å²) in [5.41, 5.74) is 1.25. The Morgan fingerprint density at radius 3 is 2.69 bits per heavy atom. The monoisotopic (exact) mass is 481 g/mol. The van der Waals surface area contributed by atoms with Crippen LogP contribution in [0.4, 0.5) is 0 Å². The van der Waals surface area contributed by atoms with Crippen molar-refractivity contribution < 1.29 is 22.1 Å². The number of rotatable bonds is 7. The Hall–Kier alpha value is -1.33. The molecule has 0 spiro atoms. The highest BCUT2D eigenvalue weighted by Gasteiger charge is 2.32. The number of hydrogen-bond acceptors (Lipinski definition) is 9. The molecular formula is C22H31N3O5S2. The Morgan fingerprint density at radius 1 is 1.16 bits per heavy atom. The van der Waals surface area contributed by atoms with Gasteiger partial charge in [0, 0.05) is 24.0 Å². The number of hydrogen-bond donors (Lipinski definition) is 0. The number of aryl methyl sites for hydroxylation is 1.